The molecule has 2 aromatic carbocycles. The van der Waals surface area contributed by atoms with E-state index in [9.17, 15) is 4.79 Å². The fraction of sp³-hybridized carbons (Fsp3) is 0.133. The summed E-state index contributed by atoms with van der Waals surface area (Å²) in [5.41, 5.74) is 1.78. The number of ketones is 1. The van der Waals surface area contributed by atoms with Crippen LogP contribution in [0, 0.1) is 0 Å². The summed E-state index contributed by atoms with van der Waals surface area (Å²) in [6, 6.07) is 17.3. The topological polar surface area (TPSA) is 17.1 Å². The Kier molecular flexibility index (Phi) is 5.37. The second-order valence-electron chi connectivity index (χ2n) is 4.09. The van der Waals surface area contributed by atoms with Crippen molar-refractivity contribution >= 4 is 53.6 Å². The highest BCUT2D eigenvalue weighted by Crippen LogP contribution is 2.33. The summed E-state index contributed by atoms with van der Waals surface area (Å²) in [4.78, 5) is 12.0. The minimum absolute atomic E-state index is 0.0511. The van der Waals surface area contributed by atoms with Crippen molar-refractivity contribution in [3.63, 3.8) is 0 Å². The van der Waals surface area contributed by atoms with E-state index >= 15 is 0 Å². The van der Waals surface area contributed by atoms with Gasteiger partial charge in [-0.25, -0.2) is 0 Å². The molecule has 2 atom stereocenters. The summed E-state index contributed by atoms with van der Waals surface area (Å²) in [5, 5.41) is 0. The second kappa shape index (κ2) is 6.82. The number of alkyl halides is 2. The first-order valence-electron chi connectivity index (χ1n) is 5.72. The summed E-state index contributed by atoms with van der Waals surface area (Å²) in [7, 11) is 0. The van der Waals surface area contributed by atoms with E-state index < -0.39 is 0 Å². The summed E-state index contributed by atoms with van der Waals surface area (Å²) in [5.74, 6) is 0.0678. The molecule has 0 saturated heterocycles. The van der Waals surface area contributed by atoms with Crippen molar-refractivity contribution in [1.29, 1.82) is 0 Å². The molecule has 0 fully saturated rings. The van der Waals surface area contributed by atoms with E-state index in [4.69, 9.17) is 0 Å². The van der Waals surface area contributed by atoms with Gasteiger partial charge in [-0.2, -0.15) is 0 Å². The van der Waals surface area contributed by atoms with Crippen LogP contribution in [-0.2, 0) is 0 Å². The molecule has 2 aromatic rings. The van der Waals surface area contributed by atoms with Crippen LogP contribution in [0.4, 0.5) is 0 Å². The molecule has 0 aliphatic heterocycles. The number of hydrogen-bond donors (Lipinski definition) is 0. The van der Waals surface area contributed by atoms with Gasteiger partial charge in [0, 0.05) is 10.0 Å². The van der Waals surface area contributed by atoms with E-state index in [1.165, 1.54) is 0 Å². The van der Waals surface area contributed by atoms with Crippen molar-refractivity contribution in [3.8, 4) is 0 Å². The maximum Gasteiger partial charge on any atom is 0.177 e. The highest BCUT2D eigenvalue weighted by atomic mass is 79.9. The average molecular weight is 447 g/mol. The average Bonchev–Trinajstić information content (AvgIpc) is 2.46. The molecule has 0 spiro atoms. The van der Waals surface area contributed by atoms with Crippen molar-refractivity contribution < 1.29 is 4.79 Å². The Balaban J connectivity index is 2.17. The number of rotatable bonds is 4. The van der Waals surface area contributed by atoms with Gasteiger partial charge in [-0.3, -0.25) is 4.79 Å². The summed E-state index contributed by atoms with van der Waals surface area (Å²) >= 11 is 10.4. The van der Waals surface area contributed by atoms with Gasteiger partial charge >= 0.3 is 0 Å². The molecule has 1 nitrogen and oxygen atoms in total. The molecule has 0 saturated carbocycles. The molecule has 0 aliphatic rings. The lowest BCUT2D eigenvalue weighted by molar-refractivity contribution is 0.0991. The van der Waals surface area contributed by atoms with Gasteiger partial charge in [0.05, 0.1) is 9.65 Å². The molecule has 0 heterocycles. The fourth-order valence-electron chi connectivity index (χ4n) is 1.71. The Morgan fingerprint density at radius 1 is 0.895 bits per heavy atom. The molecule has 2 rings (SSSR count). The van der Waals surface area contributed by atoms with Crippen molar-refractivity contribution in [1.82, 2.24) is 0 Å². The van der Waals surface area contributed by atoms with Crippen LogP contribution in [-0.4, -0.2) is 10.6 Å². The Hall–Kier alpha value is -0.450. The van der Waals surface area contributed by atoms with E-state index in [0.717, 1.165) is 10.0 Å². The molecule has 0 unspecified atom stereocenters. The molecule has 98 valence electrons. The third-order valence-corrected chi connectivity index (χ3v) is 5.99. The number of benzene rings is 2. The standard InChI is InChI=1S/C15H11Br3O/c16-12-8-6-11(7-9-12)15(19)14(18)13(17)10-4-2-1-3-5-10/h1-9,13-14H/t13-,14-/m0/s1. The van der Waals surface area contributed by atoms with Crippen LogP contribution in [0.2, 0.25) is 0 Å². The summed E-state index contributed by atoms with van der Waals surface area (Å²) < 4.78 is 0.966. The van der Waals surface area contributed by atoms with Crippen molar-refractivity contribution in [2.75, 3.05) is 0 Å². The lowest BCUT2D eigenvalue weighted by atomic mass is 10.0. The normalized spacial score (nSPS) is 13.8. The predicted molar refractivity (Wildman–Crippen MR) is 89.3 cm³/mol. The zero-order valence-electron chi connectivity index (χ0n) is 9.89. The minimum Gasteiger partial charge on any atom is -0.293 e. The molecule has 4 heteroatoms. The minimum atomic E-state index is -0.295. The van der Waals surface area contributed by atoms with Crippen LogP contribution in [0.15, 0.2) is 59.1 Å². The van der Waals surface area contributed by atoms with Gasteiger partial charge in [-0.1, -0.05) is 90.3 Å². The van der Waals surface area contributed by atoms with E-state index in [2.05, 4.69) is 47.8 Å². The lowest BCUT2D eigenvalue weighted by Crippen LogP contribution is -2.19. The number of halogens is 3. The summed E-state index contributed by atoms with van der Waals surface area (Å²) in [6.45, 7) is 0. The summed E-state index contributed by atoms with van der Waals surface area (Å²) in [6.07, 6.45) is 0. The van der Waals surface area contributed by atoms with Gasteiger partial charge in [-0.15, -0.1) is 0 Å². The number of hydrogen-bond acceptors (Lipinski definition) is 1. The highest BCUT2D eigenvalue weighted by Gasteiger charge is 2.25. The van der Waals surface area contributed by atoms with Crippen molar-refractivity contribution in [2.45, 2.75) is 9.65 Å². The van der Waals surface area contributed by atoms with E-state index in [1.54, 1.807) is 0 Å². The molecule has 0 bridgehead atoms. The van der Waals surface area contributed by atoms with Crippen molar-refractivity contribution in [3.05, 3.63) is 70.2 Å². The van der Waals surface area contributed by atoms with E-state index in [0.29, 0.717) is 5.56 Å². The lowest BCUT2D eigenvalue weighted by Gasteiger charge is -2.16. The van der Waals surface area contributed by atoms with Crippen LogP contribution < -0.4 is 0 Å². The smallest absolute Gasteiger partial charge is 0.177 e. The molecule has 0 aliphatic carbocycles. The predicted octanol–water partition coefficient (Wildman–Crippen LogP) is 5.53. The monoisotopic (exact) mass is 444 g/mol. The molecule has 0 N–H and O–H groups in total. The van der Waals surface area contributed by atoms with Crippen LogP contribution in [0.25, 0.3) is 0 Å². The Labute approximate surface area is 137 Å². The van der Waals surface area contributed by atoms with Crippen LogP contribution in [0.5, 0.6) is 0 Å². The van der Waals surface area contributed by atoms with Gasteiger partial charge in [-0.05, 0) is 17.7 Å². The first-order valence-corrected chi connectivity index (χ1v) is 8.35. The van der Waals surface area contributed by atoms with Gasteiger partial charge in [0.15, 0.2) is 5.78 Å². The number of carbonyl (C=O) groups excluding carboxylic acids is 1. The molecular weight excluding hydrogens is 436 g/mol. The van der Waals surface area contributed by atoms with Crippen LogP contribution in [0.1, 0.15) is 20.7 Å². The zero-order valence-corrected chi connectivity index (χ0v) is 14.7. The second-order valence-corrected chi connectivity index (χ2v) is 6.97. The Morgan fingerprint density at radius 2 is 1.47 bits per heavy atom. The first kappa shape index (κ1) is 14.9. The maximum atomic E-state index is 12.4. The third kappa shape index (κ3) is 3.77. The van der Waals surface area contributed by atoms with Gasteiger partial charge in [0.2, 0.25) is 0 Å². The molecule has 0 amide bonds. The van der Waals surface area contributed by atoms with E-state index in [-0.39, 0.29) is 15.4 Å². The Bertz CT molecular complexity index is 551. The molecule has 0 radical (unpaired) electrons. The number of carbonyl (C=O) groups is 1. The molecule has 0 aromatic heterocycles. The molecular formula is C15H11Br3O. The number of Topliss-reactive ketones (excluding diaryl/α,β-unsaturated/α-hetero) is 1. The zero-order chi connectivity index (χ0) is 13.8. The third-order valence-electron chi connectivity index (χ3n) is 2.75. The van der Waals surface area contributed by atoms with Crippen LogP contribution >= 0.6 is 47.8 Å². The fourth-order valence-corrected chi connectivity index (χ4v) is 3.09. The van der Waals surface area contributed by atoms with Crippen molar-refractivity contribution in [2.24, 2.45) is 0 Å². The molecule has 19 heavy (non-hydrogen) atoms. The van der Waals surface area contributed by atoms with Gasteiger partial charge in [0.1, 0.15) is 0 Å². The van der Waals surface area contributed by atoms with E-state index in [1.807, 2.05) is 54.6 Å². The largest absolute Gasteiger partial charge is 0.293 e. The SMILES string of the molecule is O=C(c1ccc(Br)cc1)[C@@H](Br)[C@@H](Br)c1ccccc1. The first-order chi connectivity index (χ1) is 9.09. The van der Waals surface area contributed by atoms with Crippen LogP contribution in [0.3, 0.4) is 0 Å². The van der Waals surface area contributed by atoms with Gasteiger partial charge in [0.25, 0.3) is 0 Å². The Morgan fingerprint density at radius 3 is 2.05 bits per heavy atom. The highest BCUT2D eigenvalue weighted by molar-refractivity contribution is 9.12. The quantitative estimate of drug-likeness (QED) is 0.445. The van der Waals surface area contributed by atoms with Gasteiger partial charge < -0.3 is 0 Å². The maximum absolute atomic E-state index is 12.4.